The van der Waals surface area contributed by atoms with Crippen LogP contribution in [0.4, 0.5) is 0 Å². The zero-order chi connectivity index (χ0) is 20.4. The normalized spacial score (nSPS) is 11.5. The number of hydrogen-bond acceptors (Lipinski definition) is 5. The van der Waals surface area contributed by atoms with Crippen LogP contribution in [0.15, 0.2) is 15.9 Å². The van der Waals surface area contributed by atoms with E-state index in [2.05, 4.69) is 4.98 Å². The Labute approximate surface area is 170 Å². The third kappa shape index (κ3) is 6.24. The molecular formula is C20H34N4O3S. The molecule has 0 unspecified atom stereocenters. The smallest absolute Gasteiger partial charge is 0.332 e. The summed E-state index contributed by atoms with van der Waals surface area (Å²) in [7, 11) is 3.44. The van der Waals surface area contributed by atoms with E-state index >= 15 is 0 Å². The predicted octanol–water partition coefficient (Wildman–Crippen LogP) is 3.02. The van der Waals surface area contributed by atoms with Gasteiger partial charge in [0.1, 0.15) is 0 Å². The van der Waals surface area contributed by atoms with Gasteiger partial charge in [0.15, 0.2) is 11.2 Å². The molecule has 8 heteroatoms. The van der Waals surface area contributed by atoms with E-state index in [1.807, 2.05) is 0 Å². The molecule has 2 aromatic rings. The molecular weight excluding hydrogens is 376 g/mol. The van der Waals surface area contributed by atoms with Crippen LogP contribution in [0.3, 0.4) is 0 Å². The van der Waals surface area contributed by atoms with Crippen LogP contribution in [0.2, 0.25) is 0 Å². The number of fused-ring (bicyclic) bond motifs is 1. The number of aryl methyl sites for hydroxylation is 2. The molecule has 0 fully saturated rings. The highest BCUT2D eigenvalue weighted by Crippen LogP contribution is 2.12. The van der Waals surface area contributed by atoms with Crippen molar-refractivity contribution in [2.75, 3.05) is 11.7 Å². The third-order valence-corrected chi connectivity index (χ3v) is 5.97. The molecule has 0 saturated carbocycles. The fourth-order valence-electron chi connectivity index (χ4n) is 3.55. The molecule has 0 aliphatic heterocycles. The molecule has 7 nitrogen and oxygen atoms in total. The fourth-order valence-corrected chi connectivity index (χ4v) is 4.08. The van der Waals surface area contributed by atoms with E-state index in [9.17, 15) is 9.59 Å². The average molecular weight is 411 g/mol. The van der Waals surface area contributed by atoms with Crippen molar-refractivity contribution in [3.63, 3.8) is 0 Å². The first-order valence-corrected chi connectivity index (χ1v) is 11.5. The van der Waals surface area contributed by atoms with Gasteiger partial charge < -0.3 is 9.67 Å². The van der Waals surface area contributed by atoms with E-state index in [1.165, 1.54) is 54.1 Å². The molecule has 0 radical (unpaired) electrons. The Morgan fingerprint density at radius 2 is 1.50 bits per heavy atom. The molecule has 0 aliphatic rings. The van der Waals surface area contributed by atoms with Gasteiger partial charge in [-0.1, -0.05) is 51.4 Å². The lowest BCUT2D eigenvalue weighted by molar-refractivity contribution is 0.375. The van der Waals surface area contributed by atoms with Crippen molar-refractivity contribution in [2.24, 2.45) is 14.1 Å². The summed E-state index contributed by atoms with van der Waals surface area (Å²) in [6.45, 7) is 0.471. The minimum atomic E-state index is -0.284. The third-order valence-electron chi connectivity index (χ3n) is 5.21. The second-order valence-electron chi connectivity index (χ2n) is 7.40. The lowest BCUT2D eigenvalue weighted by Crippen LogP contribution is -2.39. The molecule has 0 spiro atoms. The first-order valence-electron chi connectivity index (χ1n) is 10.4. The number of hydrogen-bond donors (Lipinski definition) is 1. The number of imidazole rings is 1. The molecule has 0 bridgehead atoms. The first-order chi connectivity index (χ1) is 13.6. The van der Waals surface area contributed by atoms with Crippen molar-refractivity contribution in [1.29, 1.82) is 0 Å². The maximum atomic E-state index is 12.6. The quantitative estimate of drug-likeness (QED) is 0.382. The second-order valence-corrected chi connectivity index (χ2v) is 8.47. The van der Waals surface area contributed by atoms with E-state index in [0.717, 1.165) is 25.0 Å². The fraction of sp³-hybridized carbons (Fsp3) is 0.750. The van der Waals surface area contributed by atoms with Gasteiger partial charge in [0.05, 0.1) is 12.3 Å². The van der Waals surface area contributed by atoms with Crippen molar-refractivity contribution in [2.45, 2.75) is 70.8 Å². The second kappa shape index (κ2) is 12.1. The highest BCUT2D eigenvalue weighted by atomic mass is 32.2. The van der Waals surface area contributed by atoms with E-state index < -0.39 is 0 Å². The summed E-state index contributed by atoms with van der Waals surface area (Å²) < 4.78 is 4.48. The topological polar surface area (TPSA) is 82.1 Å². The molecule has 2 rings (SSSR count). The van der Waals surface area contributed by atoms with Crippen molar-refractivity contribution in [3.8, 4) is 0 Å². The molecule has 28 heavy (non-hydrogen) atoms. The SMILES string of the molecule is Cn1cnc2c1c(=O)n(CCCCCCCCCCCCSCO)c(=O)n2C. The number of aromatic nitrogens is 4. The van der Waals surface area contributed by atoms with Crippen LogP contribution in [0.25, 0.3) is 11.2 Å². The highest BCUT2D eigenvalue weighted by Gasteiger charge is 2.14. The number of aliphatic hydroxyl groups is 1. The lowest BCUT2D eigenvalue weighted by atomic mass is 10.1. The number of nitrogens with zero attached hydrogens (tertiary/aromatic N) is 4. The van der Waals surface area contributed by atoms with Crippen molar-refractivity contribution < 1.29 is 5.11 Å². The van der Waals surface area contributed by atoms with E-state index in [0.29, 0.717) is 17.7 Å². The number of rotatable bonds is 14. The van der Waals surface area contributed by atoms with Crippen molar-refractivity contribution in [3.05, 3.63) is 27.2 Å². The maximum absolute atomic E-state index is 12.6. The van der Waals surface area contributed by atoms with Crippen LogP contribution in [0, 0.1) is 0 Å². The van der Waals surface area contributed by atoms with Crippen LogP contribution in [0.5, 0.6) is 0 Å². The van der Waals surface area contributed by atoms with Crippen LogP contribution >= 0.6 is 11.8 Å². The highest BCUT2D eigenvalue weighted by molar-refractivity contribution is 7.99. The summed E-state index contributed by atoms with van der Waals surface area (Å²) in [5, 5.41) is 8.70. The van der Waals surface area contributed by atoms with Gasteiger partial charge in [-0.3, -0.25) is 13.9 Å². The van der Waals surface area contributed by atoms with Gasteiger partial charge >= 0.3 is 5.69 Å². The first kappa shape index (κ1) is 22.7. The summed E-state index contributed by atoms with van der Waals surface area (Å²) >= 11 is 1.60. The summed E-state index contributed by atoms with van der Waals surface area (Å²) in [5.74, 6) is 1.30. The van der Waals surface area contributed by atoms with Gasteiger partial charge in [0.25, 0.3) is 5.56 Å². The van der Waals surface area contributed by atoms with E-state index in [4.69, 9.17) is 5.11 Å². The van der Waals surface area contributed by atoms with E-state index in [-0.39, 0.29) is 17.2 Å². The predicted molar refractivity (Wildman–Crippen MR) is 116 cm³/mol. The molecule has 0 atom stereocenters. The van der Waals surface area contributed by atoms with Gasteiger partial charge in [-0.2, -0.15) is 0 Å². The van der Waals surface area contributed by atoms with Gasteiger partial charge in [-0.05, 0) is 18.6 Å². The molecule has 158 valence electrons. The summed E-state index contributed by atoms with van der Waals surface area (Å²) in [6, 6.07) is 0. The molecule has 0 aliphatic carbocycles. The Bertz CT molecular complexity index is 840. The summed E-state index contributed by atoms with van der Waals surface area (Å²) in [5.41, 5.74) is 0.405. The Morgan fingerprint density at radius 1 is 0.929 bits per heavy atom. The minimum absolute atomic E-state index is 0.237. The Hall–Kier alpha value is -1.54. The van der Waals surface area contributed by atoms with Gasteiger partial charge in [0.2, 0.25) is 0 Å². The van der Waals surface area contributed by atoms with E-state index in [1.54, 1.807) is 36.8 Å². The van der Waals surface area contributed by atoms with Gasteiger partial charge in [-0.25, -0.2) is 9.78 Å². The average Bonchev–Trinajstić information content (AvgIpc) is 3.08. The minimum Gasteiger partial charge on any atom is -0.386 e. The Morgan fingerprint density at radius 3 is 2.11 bits per heavy atom. The maximum Gasteiger partial charge on any atom is 0.332 e. The lowest BCUT2D eigenvalue weighted by Gasteiger charge is -2.08. The van der Waals surface area contributed by atoms with Crippen LogP contribution in [-0.4, -0.2) is 35.5 Å². The molecule has 0 saturated heterocycles. The largest absolute Gasteiger partial charge is 0.386 e. The Balaban J connectivity index is 1.64. The number of thioether (sulfide) groups is 1. The molecule has 2 aromatic heterocycles. The standard InChI is InChI=1S/C20H34N4O3S/c1-22-15-21-18-17(22)19(26)24(20(27)23(18)2)13-11-9-7-5-3-4-6-8-10-12-14-28-16-25/h15,25H,3-14,16H2,1-2H3. The number of unbranched alkanes of at least 4 members (excludes halogenated alkanes) is 9. The van der Waals surface area contributed by atoms with Crippen molar-refractivity contribution >= 4 is 22.9 Å². The zero-order valence-electron chi connectivity index (χ0n) is 17.2. The Kier molecular flexibility index (Phi) is 9.84. The van der Waals surface area contributed by atoms with Gasteiger partial charge in [0, 0.05) is 20.6 Å². The number of aliphatic hydroxyl groups excluding tert-OH is 1. The monoisotopic (exact) mass is 410 g/mol. The zero-order valence-corrected chi connectivity index (χ0v) is 18.0. The summed E-state index contributed by atoms with van der Waals surface area (Å²) in [4.78, 5) is 29.2. The van der Waals surface area contributed by atoms with Crippen LogP contribution in [-0.2, 0) is 20.6 Å². The molecule has 1 N–H and O–H groups in total. The van der Waals surface area contributed by atoms with Crippen molar-refractivity contribution in [1.82, 2.24) is 18.7 Å². The van der Waals surface area contributed by atoms with Gasteiger partial charge in [-0.15, -0.1) is 11.8 Å². The van der Waals surface area contributed by atoms with Crippen LogP contribution < -0.4 is 11.2 Å². The van der Waals surface area contributed by atoms with Crippen LogP contribution in [0.1, 0.15) is 64.2 Å². The molecule has 2 heterocycles. The summed E-state index contributed by atoms with van der Waals surface area (Å²) in [6.07, 6.45) is 13.4. The molecule has 0 amide bonds. The molecule has 0 aromatic carbocycles.